The summed E-state index contributed by atoms with van der Waals surface area (Å²) in [5.41, 5.74) is 2.05. The summed E-state index contributed by atoms with van der Waals surface area (Å²) in [5, 5.41) is 61.7. The lowest BCUT2D eigenvalue weighted by Gasteiger charge is -2.24. The van der Waals surface area contributed by atoms with Crippen molar-refractivity contribution in [3.8, 4) is 0 Å². The molecule has 0 spiro atoms. The Bertz CT molecular complexity index is 1120. The Morgan fingerprint density at radius 2 is 1.78 bits per heavy atom. The fraction of sp³-hybridized carbons (Fsp3) is 0.375. The van der Waals surface area contributed by atoms with Gasteiger partial charge in [0.05, 0.1) is 12.1 Å². The molecule has 1 aromatic carbocycles. The van der Waals surface area contributed by atoms with Gasteiger partial charge in [-0.3, -0.25) is 0 Å². The molecule has 11 heteroatoms. The van der Waals surface area contributed by atoms with Crippen molar-refractivity contribution in [1.82, 2.24) is 29.4 Å². The van der Waals surface area contributed by atoms with E-state index in [4.69, 9.17) is 5.11 Å². The van der Waals surface area contributed by atoms with E-state index < -0.39 is 31.0 Å². The molecule has 0 aliphatic carbocycles. The van der Waals surface area contributed by atoms with Gasteiger partial charge >= 0.3 is 0 Å². The maximum atomic E-state index is 10.4. The molecule has 4 rings (SSSR count). The van der Waals surface area contributed by atoms with Gasteiger partial charge in [0.1, 0.15) is 29.9 Å². The van der Waals surface area contributed by atoms with E-state index >= 15 is 0 Å². The molecule has 0 aliphatic rings. The van der Waals surface area contributed by atoms with Crippen LogP contribution in [0.5, 0.6) is 0 Å². The van der Waals surface area contributed by atoms with Crippen molar-refractivity contribution in [1.29, 1.82) is 0 Å². The monoisotopic (exact) mass is 374 g/mol. The van der Waals surface area contributed by atoms with E-state index in [0.29, 0.717) is 11.2 Å². The van der Waals surface area contributed by atoms with Crippen molar-refractivity contribution in [2.45, 2.75) is 24.4 Å². The Morgan fingerprint density at radius 3 is 2.52 bits per heavy atom. The highest BCUT2D eigenvalue weighted by molar-refractivity contribution is 6.04. The maximum Gasteiger partial charge on any atom is 0.274 e. The average Bonchev–Trinajstić information content (AvgIpc) is 3.23. The van der Waals surface area contributed by atoms with Crippen LogP contribution in [0, 0.1) is 0 Å². The first kappa shape index (κ1) is 17.7. The van der Waals surface area contributed by atoms with Gasteiger partial charge in [-0.05, 0) is 6.07 Å². The van der Waals surface area contributed by atoms with Crippen molar-refractivity contribution in [3.05, 3.63) is 30.1 Å². The second-order valence-corrected chi connectivity index (χ2v) is 6.31. The first-order valence-electron chi connectivity index (χ1n) is 8.23. The summed E-state index contributed by atoms with van der Waals surface area (Å²) >= 11 is 0. The molecule has 3 heterocycles. The highest BCUT2D eigenvalue weighted by Gasteiger charge is 2.34. The zero-order chi connectivity index (χ0) is 19.3. The van der Waals surface area contributed by atoms with Crippen LogP contribution in [0.2, 0.25) is 0 Å². The number of fused-ring (bicyclic) bond motifs is 4. The molecule has 0 saturated heterocycles. The molecule has 0 bridgehead atoms. The fourth-order valence-electron chi connectivity index (χ4n) is 3.09. The number of benzene rings is 1. The third-order valence-corrected chi connectivity index (χ3v) is 4.62. The topological polar surface area (TPSA) is 162 Å². The SMILES string of the molecule is Cn1c2ccccc2c2nn3c([C@@H](O)[C@@H](O)[C@H](O)[C@H](O)CO)nnc3nc21. The largest absolute Gasteiger partial charge is 0.394 e. The molecule has 0 amide bonds. The number of aliphatic hydroxyl groups excluding tert-OH is 5. The van der Waals surface area contributed by atoms with Crippen molar-refractivity contribution in [2.75, 3.05) is 6.61 Å². The van der Waals surface area contributed by atoms with Crippen LogP contribution < -0.4 is 0 Å². The molecule has 0 aliphatic heterocycles. The van der Waals surface area contributed by atoms with E-state index in [2.05, 4.69) is 20.3 Å². The van der Waals surface area contributed by atoms with Crippen LogP contribution in [-0.2, 0) is 7.05 Å². The van der Waals surface area contributed by atoms with Gasteiger partial charge < -0.3 is 30.1 Å². The summed E-state index contributed by atoms with van der Waals surface area (Å²) in [6, 6.07) is 7.57. The van der Waals surface area contributed by atoms with E-state index in [1.807, 2.05) is 35.9 Å². The molecule has 3 aromatic heterocycles. The minimum absolute atomic E-state index is 0.104. The standard InChI is InChI=1S/C16H18N6O5/c1-21-8-5-3-2-4-7(8)10-14(21)17-16-19-18-15(22(16)20-10)13(27)12(26)11(25)9(24)6-23/h2-5,9,11-13,23-27H,6H2,1H3/t9-,11-,12+,13+/m1/s1. The molecule has 0 fully saturated rings. The van der Waals surface area contributed by atoms with Gasteiger partial charge in [0.2, 0.25) is 0 Å². The van der Waals surface area contributed by atoms with Gasteiger partial charge in [-0.2, -0.15) is 14.6 Å². The minimum Gasteiger partial charge on any atom is -0.394 e. The molecule has 5 N–H and O–H groups in total. The smallest absolute Gasteiger partial charge is 0.274 e. The summed E-state index contributed by atoms with van der Waals surface area (Å²) in [7, 11) is 1.85. The average molecular weight is 374 g/mol. The lowest BCUT2D eigenvalue weighted by Crippen LogP contribution is -2.43. The number of para-hydroxylation sites is 1. The number of aliphatic hydroxyl groups is 5. The lowest BCUT2D eigenvalue weighted by atomic mass is 10.0. The van der Waals surface area contributed by atoms with Crippen molar-refractivity contribution >= 4 is 27.8 Å². The van der Waals surface area contributed by atoms with Gasteiger partial charge in [0, 0.05) is 12.4 Å². The molecule has 0 unspecified atom stereocenters. The quantitative estimate of drug-likeness (QED) is 0.273. The highest BCUT2D eigenvalue weighted by atomic mass is 16.4. The van der Waals surface area contributed by atoms with Crippen LogP contribution in [0.4, 0.5) is 0 Å². The van der Waals surface area contributed by atoms with E-state index in [1.165, 1.54) is 4.52 Å². The molecule has 4 atom stereocenters. The van der Waals surface area contributed by atoms with Gasteiger partial charge in [-0.25, -0.2) is 0 Å². The molecule has 4 aromatic rings. The van der Waals surface area contributed by atoms with Crippen LogP contribution in [0.1, 0.15) is 11.9 Å². The summed E-state index contributed by atoms with van der Waals surface area (Å²) in [6.07, 6.45) is -6.93. The van der Waals surface area contributed by atoms with Crippen LogP contribution in [0.15, 0.2) is 24.3 Å². The molecule has 0 radical (unpaired) electrons. The van der Waals surface area contributed by atoms with Crippen molar-refractivity contribution < 1.29 is 25.5 Å². The Hall–Kier alpha value is -2.70. The first-order chi connectivity index (χ1) is 12.9. The molecule has 0 saturated carbocycles. The van der Waals surface area contributed by atoms with Gasteiger partial charge in [0.25, 0.3) is 5.78 Å². The highest BCUT2D eigenvalue weighted by Crippen LogP contribution is 2.26. The zero-order valence-electron chi connectivity index (χ0n) is 14.2. The van der Waals surface area contributed by atoms with Crippen LogP contribution in [0.3, 0.4) is 0 Å². The van der Waals surface area contributed by atoms with Crippen LogP contribution in [-0.4, -0.2) is 79.8 Å². The maximum absolute atomic E-state index is 10.4. The van der Waals surface area contributed by atoms with E-state index in [-0.39, 0.29) is 11.6 Å². The Balaban J connectivity index is 1.85. The molecule has 11 nitrogen and oxygen atoms in total. The molecule has 27 heavy (non-hydrogen) atoms. The van der Waals surface area contributed by atoms with E-state index in [1.54, 1.807) is 0 Å². The second kappa shape index (κ2) is 6.48. The first-order valence-corrected chi connectivity index (χ1v) is 8.23. The molecular weight excluding hydrogens is 356 g/mol. The van der Waals surface area contributed by atoms with Crippen molar-refractivity contribution in [3.63, 3.8) is 0 Å². The second-order valence-electron chi connectivity index (χ2n) is 6.31. The van der Waals surface area contributed by atoms with Crippen LogP contribution in [0.25, 0.3) is 27.8 Å². The Kier molecular flexibility index (Phi) is 4.25. The van der Waals surface area contributed by atoms with Gasteiger partial charge in [0.15, 0.2) is 11.5 Å². The minimum atomic E-state index is -1.82. The van der Waals surface area contributed by atoms with E-state index in [0.717, 1.165) is 10.9 Å². The summed E-state index contributed by atoms with van der Waals surface area (Å²) in [5.74, 6) is -0.0455. The number of aryl methyl sites for hydroxylation is 1. The normalized spacial score (nSPS) is 16.8. The molecule has 142 valence electrons. The Morgan fingerprint density at radius 1 is 1.04 bits per heavy atom. The number of nitrogens with zero attached hydrogens (tertiary/aromatic N) is 6. The van der Waals surface area contributed by atoms with Gasteiger partial charge in [-0.1, -0.05) is 18.2 Å². The zero-order valence-corrected chi connectivity index (χ0v) is 14.2. The predicted molar refractivity (Wildman–Crippen MR) is 92.6 cm³/mol. The number of hydrogen-bond donors (Lipinski definition) is 5. The molecular formula is C16H18N6O5. The Labute approximate surface area is 151 Å². The third-order valence-electron chi connectivity index (χ3n) is 4.62. The van der Waals surface area contributed by atoms with Crippen LogP contribution >= 0.6 is 0 Å². The van der Waals surface area contributed by atoms with Crippen molar-refractivity contribution in [2.24, 2.45) is 7.05 Å². The fourth-order valence-corrected chi connectivity index (χ4v) is 3.09. The van der Waals surface area contributed by atoms with Gasteiger partial charge in [-0.15, -0.1) is 10.2 Å². The number of rotatable bonds is 5. The summed E-state index contributed by atoms with van der Waals surface area (Å²) < 4.78 is 3.04. The van der Waals surface area contributed by atoms with E-state index in [9.17, 15) is 20.4 Å². The third kappa shape index (κ3) is 2.64. The lowest BCUT2D eigenvalue weighted by molar-refractivity contribution is -0.118. The summed E-state index contributed by atoms with van der Waals surface area (Å²) in [4.78, 5) is 4.42. The predicted octanol–water partition coefficient (Wildman–Crippen LogP) is -1.73. The number of aromatic nitrogens is 6. The number of hydrogen-bond acceptors (Lipinski definition) is 9. The summed E-state index contributed by atoms with van der Waals surface area (Å²) in [6.45, 7) is -0.776.